The molecule has 96 valence electrons. The Labute approximate surface area is 110 Å². The Morgan fingerprint density at radius 2 is 2.11 bits per heavy atom. The van der Waals surface area contributed by atoms with Crippen molar-refractivity contribution in [2.24, 2.45) is 0 Å². The fraction of sp³-hybridized carbons (Fsp3) is 0.308. The van der Waals surface area contributed by atoms with Gasteiger partial charge >= 0.3 is 0 Å². The zero-order chi connectivity index (χ0) is 13.0. The Hall–Kier alpha value is -1.62. The molecule has 0 radical (unpaired) electrons. The van der Waals surface area contributed by atoms with E-state index < -0.39 is 10.8 Å². The van der Waals surface area contributed by atoms with Crippen LogP contribution in [0, 0.1) is 0 Å². The molecule has 1 heterocycles. The lowest BCUT2D eigenvalue weighted by molar-refractivity contribution is 0.646. The van der Waals surface area contributed by atoms with Gasteiger partial charge in [-0.3, -0.25) is 4.21 Å². The topological polar surface area (TPSA) is 46.9 Å². The Morgan fingerprint density at radius 1 is 1.39 bits per heavy atom. The largest absolute Gasteiger partial charge is 0.326 e. The Kier molecular flexibility index (Phi) is 4.15. The molecule has 4 nitrogen and oxygen atoms in total. The molecule has 0 aliphatic rings. The van der Waals surface area contributed by atoms with Crippen molar-refractivity contribution in [2.75, 3.05) is 11.6 Å². The van der Waals surface area contributed by atoms with Crippen LogP contribution in [0.15, 0.2) is 42.7 Å². The van der Waals surface area contributed by atoms with Crippen molar-refractivity contribution in [2.45, 2.75) is 18.7 Å². The molecule has 0 saturated heterocycles. The predicted octanol–water partition coefficient (Wildman–Crippen LogP) is 2.39. The van der Waals surface area contributed by atoms with Gasteiger partial charge < -0.3 is 9.88 Å². The molecule has 0 aliphatic carbocycles. The van der Waals surface area contributed by atoms with Gasteiger partial charge in [0.05, 0.1) is 0 Å². The highest BCUT2D eigenvalue weighted by molar-refractivity contribution is 7.84. The van der Waals surface area contributed by atoms with Gasteiger partial charge in [-0.25, -0.2) is 4.98 Å². The molecule has 0 aliphatic heterocycles. The first-order valence-electron chi connectivity index (χ1n) is 5.82. The molecule has 0 saturated carbocycles. The summed E-state index contributed by atoms with van der Waals surface area (Å²) in [6.07, 6.45) is 5.37. The Morgan fingerprint density at radius 3 is 2.78 bits per heavy atom. The molecule has 0 spiro atoms. The van der Waals surface area contributed by atoms with Crippen LogP contribution in [0.2, 0.25) is 0 Å². The first-order chi connectivity index (χ1) is 8.66. The minimum atomic E-state index is -0.826. The molecule has 1 aromatic heterocycles. The van der Waals surface area contributed by atoms with E-state index in [4.69, 9.17) is 0 Å². The summed E-state index contributed by atoms with van der Waals surface area (Å²) in [4.78, 5) is 4.28. The molecule has 5 heteroatoms. The van der Waals surface area contributed by atoms with Gasteiger partial charge in [-0.2, -0.15) is 0 Å². The molecular formula is C13H17N3OS. The predicted molar refractivity (Wildman–Crippen MR) is 75.5 cm³/mol. The van der Waals surface area contributed by atoms with Crippen LogP contribution in [-0.2, 0) is 17.3 Å². The van der Waals surface area contributed by atoms with Gasteiger partial charge in [-0.05, 0) is 19.1 Å². The minimum Gasteiger partial charge on any atom is -0.326 e. The maximum Gasteiger partial charge on any atom is 0.207 e. The fourth-order valence-electron chi connectivity index (χ4n) is 1.61. The average molecular weight is 263 g/mol. The van der Waals surface area contributed by atoms with Crippen LogP contribution in [0.4, 0.5) is 11.6 Å². The smallest absolute Gasteiger partial charge is 0.207 e. The quantitative estimate of drug-likeness (QED) is 0.901. The summed E-state index contributed by atoms with van der Waals surface area (Å²) in [6.45, 7) is 2.67. The lowest BCUT2D eigenvalue weighted by Crippen LogP contribution is -2.18. The standard InChI is InChI=1S/C13H17N3OS/c1-11(18(2)17)10-16-9-8-14-13(16)15-12-6-4-3-5-7-12/h3-9,11H,10H2,1-2H3,(H,14,15). The number of anilines is 2. The van der Waals surface area contributed by atoms with Crippen molar-refractivity contribution in [3.63, 3.8) is 0 Å². The fourth-order valence-corrected chi connectivity index (χ4v) is 1.98. The van der Waals surface area contributed by atoms with Crippen molar-refractivity contribution in [1.82, 2.24) is 9.55 Å². The zero-order valence-corrected chi connectivity index (χ0v) is 11.4. The van der Waals surface area contributed by atoms with E-state index in [9.17, 15) is 4.21 Å². The highest BCUT2D eigenvalue weighted by Crippen LogP contribution is 2.15. The normalized spacial score (nSPS) is 14.1. The maximum absolute atomic E-state index is 11.4. The lowest BCUT2D eigenvalue weighted by atomic mass is 10.3. The molecule has 1 aromatic carbocycles. The summed E-state index contributed by atoms with van der Waals surface area (Å²) < 4.78 is 13.4. The van der Waals surface area contributed by atoms with Gasteiger partial charge in [0.2, 0.25) is 5.95 Å². The third-order valence-electron chi connectivity index (χ3n) is 2.77. The van der Waals surface area contributed by atoms with Crippen molar-refractivity contribution in [1.29, 1.82) is 0 Å². The van der Waals surface area contributed by atoms with Gasteiger partial charge in [0.15, 0.2) is 0 Å². The average Bonchev–Trinajstić information content (AvgIpc) is 2.78. The first-order valence-corrected chi connectivity index (χ1v) is 7.44. The third-order valence-corrected chi connectivity index (χ3v) is 4.05. The number of imidazole rings is 1. The van der Waals surface area contributed by atoms with E-state index in [2.05, 4.69) is 10.3 Å². The van der Waals surface area contributed by atoms with Crippen molar-refractivity contribution in [3.8, 4) is 0 Å². The molecule has 2 unspecified atom stereocenters. The van der Waals surface area contributed by atoms with Gasteiger partial charge in [0.25, 0.3) is 0 Å². The number of nitrogens with zero attached hydrogens (tertiary/aromatic N) is 2. The van der Waals surface area contributed by atoms with Crippen LogP contribution in [0.5, 0.6) is 0 Å². The second-order valence-electron chi connectivity index (χ2n) is 4.20. The van der Waals surface area contributed by atoms with E-state index in [1.807, 2.05) is 48.0 Å². The molecule has 2 rings (SSSR count). The molecule has 2 aromatic rings. The summed E-state index contributed by atoms with van der Waals surface area (Å²) in [7, 11) is -0.826. The summed E-state index contributed by atoms with van der Waals surface area (Å²) in [5.74, 6) is 0.776. The van der Waals surface area contributed by atoms with E-state index in [-0.39, 0.29) is 5.25 Å². The van der Waals surface area contributed by atoms with E-state index in [1.165, 1.54) is 0 Å². The van der Waals surface area contributed by atoms with Crippen molar-refractivity contribution >= 4 is 22.4 Å². The maximum atomic E-state index is 11.4. The van der Waals surface area contributed by atoms with E-state index in [0.717, 1.165) is 11.6 Å². The highest BCUT2D eigenvalue weighted by atomic mass is 32.2. The number of hydrogen-bond acceptors (Lipinski definition) is 3. The number of aromatic nitrogens is 2. The second-order valence-corrected chi connectivity index (χ2v) is 6.01. The monoisotopic (exact) mass is 263 g/mol. The number of para-hydroxylation sites is 1. The van der Waals surface area contributed by atoms with Gasteiger partial charge in [-0.15, -0.1) is 0 Å². The summed E-state index contributed by atoms with van der Waals surface area (Å²) in [5.41, 5.74) is 0.996. The molecule has 1 N–H and O–H groups in total. The van der Waals surface area contributed by atoms with Crippen molar-refractivity contribution in [3.05, 3.63) is 42.7 Å². The van der Waals surface area contributed by atoms with E-state index in [0.29, 0.717) is 6.54 Å². The summed E-state index contributed by atoms with van der Waals surface area (Å²) in [5, 5.41) is 3.36. The van der Waals surface area contributed by atoms with Gasteiger partial charge in [0.1, 0.15) is 0 Å². The number of nitrogens with one attached hydrogen (secondary N) is 1. The number of rotatable bonds is 5. The summed E-state index contributed by atoms with van der Waals surface area (Å²) in [6, 6.07) is 9.89. The molecule has 0 amide bonds. The highest BCUT2D eigenvalue weighted by Gasteiger charge is 2.10. The SMILES string of the molecule is CC(Cn1ccnc1Nc1ccccc1)S(C)=O. The van der Waals surface area contributed by atoms with Gasteiger partial charge in [-0.1, -0.05) is 18.2 Å². The Balaban J connectivity index is 2.11. The molecule has 2 atom stereocenters. The van der Waals surface area contributed by atoms with Crippen molar-refractivity contribution < 1.29 is 4.21 Å². The van der Waals surface area contributed by atoms with E-state index >= 15 is 0 Å². The van der Waals surface area contributed by atoms with Crippen LogP contribution in [-0.4, -0.2) is 25.3 Å². The Bertz CT molecular complexity index is 524. The third kappa shape index (κ3) is 3.20. The minimum absolute atomic E-state index is 0.107. The van der Waals surface area contributed by atoms with Gasteiger partial charge in [0, 0.05) is 46.9 Å². The number of benzene rings is 1. The lowest BCUT2D eigenvalue weighted by Gasteiger charge is -2.13. The molecule has 0 fully saturated rings. The van der Waals surface area contributed by atoms with Crippen LogP contribution in [0.25, 0.3) is 0 Å². The molecule has 0 bridgehead atoms. The number of hydrogen-bond donors (Lipinski definition) is 1. The zero-order valence-electron chi connectivity index (χ0n) is 10.5. The second kappa shape index (κ2) is 5.82. The van der Waals surface area contributed by atoms with Crippen LogP contribution >= 0.6 is 0 Å². The van der Waals surface area contributed by atoms with E-state index in [1.54, 1.807) is 12.5 Å². The summed E-state index contributed by atoms with van der Waals surface area (Å²) >= 11 is 0. The first kappa shape index (κ1) is 12.8. The van der Waals surface area contributed by atoms with Crippen LogP contribution in [0.3, 0.4) is 0 Å². The van der Waals surface area contributed by atoms with Crippen LogP contribution in [0.1, 0.15) is 6.92 Å². The van der Waals surface area contributed by atoms with Crippen LogP contribution < -0.4 is 5.32 Å². The molecular weight excluding hydrogens is 246 g/mol. The molecule has 18 heavy (non-hydrogen) atoms.